The van der Waals surface area contributed by atoms with E-state index < -0.39 is 0 Å². The van der Waals surface area contributed by atoms with Crippen LogP contribution in [0.25, 0.3) is 5.57 Å². The molecule has 1 aromatic rings. The maximum Gasteiger partial charge on any atom is 0.128 e. The second-order valence-electron chi connectivity index (χ2n) is 5.27. The molecule has 1 nitrogen and oxygen atoms in total. The van der Waals surface area contributed by atoms with Crippen LogP contribution in [0.15, 0.2) is 30.0 Å². The minimum Gasteiger partial charge on any atom is -0.487 e. The summed E-state index contributed by atoms with van der Waals surface area (Å²) in [5.74, 6) is 1.25. The van der Waals surface area contributed by atoms with Crippen LogP contribution in [-0.2, 0) is 10.3 Å². The number of fused-ring (bicyclic) bond motifs is 2. The van der Waals surface area contributed by atoms with Crippen molar-refractivity contribution in [3.63, 3.8) is 0 Å². The lowest BCUT2D eigenvalue weighted by molar-refractivity contribution is 0.0207. The lowest BCUT2D eigenvalue weighted by atomic mass is 9.82. The number of hydrogen-bond donors (Lipinski definition) is 0. The van der Waals surface area contributed by atoms with Crippen molar-refractivity contribution in [3.05, 3.63) is 41.2 Å². The molecule has 0 radical (unpaired) electrons. The predicted molar refractivity (Wildman–Crippen MR) is 65.9 cm³/mol. The topological polar surface area (TPSA) is 9.23 Å². The van der Waals surface area contributed by atoms with Crippen LogP contribution >= 0.6 is 0 Å². The van der Waals surface area contributed by atoms with Crippen molar-refractivity contribution >= 4 is 5.57 Å². The van der Waals surface area contributed by atoms with Gasteiger partial charge in [-0.15, -0.1) is 0 Å². The van der Waals surface area contributed by atoms with Crippen molar-refractivity contribution in [1.29, 1.82) is 0 Å². The fourth-order valence-electron chi connectivity index (χ4n) is 2.91. The molecular weight excluding hydrogens is 196 g/mol. The lowest BCUT2D eigenvalue weighted by Gasteiger charge is -2.38. The molecule has 0 bridgehead atoms. The fraction of sp³-hybridized carbons (Fsp3) is 0.467. The van der Waals surface area contributed by atoms with Crippen molar-refractivity contribution < 1.29 is 4.74 Å². The van der Waals surface area contributed by atoms with Gasteiger partial charge in [-0.25, -0.2) is 0 Å². The van der Waals surface area contributed by atoms with E-state index in [1.54, 1.807) is 0 Å². The fourth-order valence-corrected chi connectivity index (χ4v) is 2.91. The van der Waals surface area contributed by atoms with Gasteiger partial charge in [0.05, 0.1) is 0 Å². The van der Waals surface area contributed by atoms with Gasteiger partial charge in [-0.3, -0.25) is 0 Å². The van der Waals surface area contributed by atoms with E-state index in [1.165, 1.54) is 41.7 Å². The number of ether oxygens (including phenoxy) is 1. The SMILES string of the molecule is CC1(C)OC2=C(CCCC2)c2ccccc21. The standard InChI is InChI=1S/C15H18O/c1-15(2)13-9-5-3-7-11(13)12-8-4-6-10-14(12)16-15/h3,5,7,9H,4,6,8,10H2,1-2H3. The van der Waals surface area contributed by atoms with E-state index in [-0.39, 0.29) is 5.60 Å². The molecule has 0 unspecified atom stereocenters. The Morgan fingerprint density at radius 2 is 1.81 bits per heavy atom. The van der Waals surface area contributed by atoms with Gasteiger partial charge in [-0.1, -0.05) is 24.3 Å². The molecule has 2 aliphatic rings. The highest BCUT2D eigenvalue weighted by Crippen LogP contribution is 2.45. The van der Waals surface area contributed by atoms with Crippen molar-refractivity contribution in [1.82, 2.24) is 0 Å². The van der Waals surface area contributed by atoms with Crippen LogP contribution in [0.2, 0.25) is 0 Å². The Balaban J connectivity index is 2.20. The summed E-state index contributed by atoms with van der Waals surface area (Å²) >= 11 is 0. The van der Waals surface area contributed by atoms with Gasteiger partial charge < -0.3 is 4.74 Å². The summed E-state index contributed by atoms with van der Waals surface area (Å²) in [6, 6.07) is 8.70. The summed E-state index contributed by atoms with van der Waals surface area (Å²) in [5, 5.41) is 0. The van der Waals surface area contributed by atoms with Gasteiger partial charge in [0.25, 0.3) is 0 Å². The zero-order valence-electron chi connectivity index (χ0n) is 10.0. The van der Waals surface area contributed by atoms with Crippen LogP contribution in [0.1, 0.15) is 50.7 Å². The lowest BCUT2D eigenvalue weighted by Crippen LogP contribution is -2.28. The summed E-state index contributed by atoms with van der Waals surface area (Å²) < 4.78 is 6.18. The normalized spacial score (nSPS) is 22.1. The highest BCUT2D eigenvalue weighted by atomic mass is 16.5. The maximum atomic E-state index is 6.18. The third-order valence-electron chi connectivity index (χ3n) is 3.70. The molecule has 0 fully saturated rings. The van der Waals surface area contributed by atoms with Gasteiger partial charge in [0.1, 0.15) is 11.4 Å². The Morgan fingerprint density at radius 1 is 1.06 bits per heavy atom. The van der Waals surface area contributed by atoms with Crippen molar-refractivity contribution in [2.45, 2.75) is 45.1 Å². The number of hydrogen-bond acceptors (Lipinski definition) is 1. The van der Waals surface area contributed by atoms with Crippen molar-refractivity contribution in [2.24, 2.45) is 0 Å². The molecule has 1 heterocycles. The van der Waals surface area contributed by atoms with E-state index >= 15 is 0 Å². The van der Waals surface area contributed by atoms with Gasteiger partial charge >= 0.3 is 0 Å². The molecule has 84 valence electrons. The van der Waals surface area contributed by atoms with E-state index in [1.807, 2.05) is 0 Å². The van der Waals surface area contributed by atoms with Crippen LogP contribution in [0.5, 0.6) is 0 Å². The van der Waals surface area contributed by atoms with E-state index in [0.717, 1.165) is 6.42 Å². The minimum absolute atomic E-state index is 0.160. The van der Waals surface area contributed by atoms with Crippen LogP contribution in [0.3, 0.4) is 0 Å². The summed E-state index contributed by atoms with van der Waals surface area (Å²) in [4.78, 5) is 0. The smallest absolute Gasteiger partial charge is 0.128 e. The molecule has 0 saturated carbocycles. The zero-order chi connectivity index (χ0) is 11.2. The second-order valence-corrected chi connectivity index (χ2v) is 5.27. The van der Waals surface area contributed by atoms with Gasteiger partial charge in [-0.2, -0.15) is 0 Å². The third-order valence-corrected chi connectivity index (χ3v) is 3.70. The molecule has 3 rings (SSSR count). The van der Waals surface area contributed by atoms with Crippen LogP contribution < -0.4 is 0 Å². The second kappa shape index (κ2) is 3.38. The summed E-state index contributed by atoms with van der Waals surface area (Å²) in [5.41, 5.74) is 4.07. The summed E-state index contributed by atoms with van der Waals surface area (Å²) in [6.07, 6.45) is 4.88. The average molecular weight is 214 g/mol. The number of rotatable bonds is 0. The first-order valence-electron chi connectivity index (χ1n) is 6.19. The van der Waals surface area contributed by atoms with Crippen molar-refractivity contribution in [2.75, 3.05) is 0 Å². The van der Waals surface area contributed by atoms with E-state index in [4.69, 9.17) is 4.74 Å². The average Bonchev–Trinajstić information content (AvgIpc) is 2.29. The zero-order valence-corrected chi connectivity index (χ0v) is 10.0. The highest BCUT2D eigenvalue weighted by Gasteiger charge is 2.34. The largest absolute Gasteiger partial charge is 0.487 e. The molecule has 1 aliphatic heterocycles. The molecule has 0 aromatic heterocycles. The van der Waals surface area contributed by atoms with E-state index in [9.17, 15) is 0 Å². The monoisotopic (exact) mass is 214 g/mol. The number of allylic oxidation sites excluding steroid dienone is 2. The molecule has 0 spiro atoms. The molecule has 0 amide bonds. The van der Waals surface area contributed by atoms with Crippen LogP contribution in [-0.4, -0.2) is 0 Å². The Hall–Kier alpha value is -1.24. The Morgan fingerprint density at radius 3 is 2.69 bits per heavy atom. The molecule has 1 heteroatoms. The van der Waals surface area contributed by atoms with Gasteiger partial charge in [0.2, 0.25) is 0 Å². The van der Waals surface area contributed by atoms with E-state index in [0.29, 0.717) is 0 Å². The summed E-state index contributed by atoms with van der Waals surface area (Å²) in [6.45, 7) is 4.34. The molecule has 0 N–H and O–H groups in total. The first kappa shape index (κ1) is 9.95. The Bertz CT molecular complexity index is 454. The number of benzene rings is 1. The quantitative estimate of drug-likeness (QED) is 0.627. The maximum absolute atomic E-state index is 6.18. The minimum atomic E-state index is -0.160. The molecule has 0 atom stereocenters. The highest BCUT2D eigenvalue weighted by molar-refractivity contribution is 5.73. The molecular formula is C15H18O. The van der Waals surface area contributed by atoms with Gasteiger partial charge in [0, 0.05) is 12.0 Å². The van der Waals surface area contributed by atoms with Crippen molar-refractivity contribution in [3.8, 4) is 0 Å². The molecule has 0 saturated heterocycles. The van der Waals surface area contributed by atoms with Crippen LogP contribution in [0, 0.1) is 0 Å². The first-order valence-corrected chi connectivity index (χ1v) is 6.19. The van der Waals surface area contributed by atoms with Gasteiger partial charge in [0.15, 0.2) is 0 Å². The molecule has 1 aliphatic carbocycles. The Labute approximate surface area is 97.1 Å². The predicted octanol–water partition coefficient (Wildman–Crippen LogP) is 4.24. The molecule has 1 aromatic carbocycles. The summed E-state index contributed by atoms with van der Waals surface area (Å²) in [7, 11) is 0. The Kier molecular flexibility index (Phi) is 2.10. The first-order chi connectivity index (χ1) is 7.68. The van der Waals surface area contributed by atoms with Crippen LogP contribution in [0.4, 0.5) is 0 Å². The molecule has 16 heavy (non-hydrogen) atoms. The third kappa shape index (κ3) is 1.38. The van der Waals surface area contributed by atoms with E-state index in [2.05, 4.69) is 38.1 Å². The van der Waals surface area contributed by atoms with Gasteiger partial charge in [-0.05, 0) is 44.2 Å².